The zero-order chi connectivity index (χ0) is 10.7. The molecule has 0 saturated carbocycles. The van der Waals surface area contributed by atoms with Crippen LogP contribution in [0.2, 0.25) is 0 Å². The first kappa shape index (κ1) is 10.6. The third-order valence-electron chi connectivity index (χ3n) is 2.78. The highest BCUT2D eigenvalue weighted by Crippen LogP contribution is 2.42. The fourth-order valence-corrected chi connectivity index (χ4v) is 3.44. The van der Waals surface area contributed by atoms with E-state index in [1.54, 1.807) is 0 Å². The molecule has 1 unspecified atom stereocenters. The lowest BCUT2D eigenvalue weighted by atomic mass is 10.1. The van der Waals surface area contributed by atoms with Gasteiger partial charge in [-0.1, -0.05) is 42.5 Å². The minimum Gasteiger partial charge on any atom is -0.0654 e. The Morgan fingerprint density at radius 1 is 1.20 bits per heavy atom. The van der Waals surface area contributed by atoms with Gasteiger partial charge in [0.2, 0.25) is 5.30 Å². The maximum atomic E-state index is 12.1. The van der Waals surface area contributed by atoms with E-state index >= 15 is 0 Å². The smallest absolute Gasteiger partial charge is 0.0654 e. The van der Waals surface area contributed by atoms with Gasteiger partial charge in [0.15, 0.2) is 5.31 Å². The van der Waals surface area contributed by atoms with E-state index in [-0.39, 0.29) is 0 Å². The Balaban J connectivity index is 2.09. The molecule has 0 N–H and O–H groups in total. The highest BCUT2D eigenvalue weighted by molar-refractivity contribution is 7.59. The second kappa shape index (κ2) is 4.72. The molecule has 0 radical (unpaired) electrons. The van der Waals surface area contributed by atoms with E-state index in [0.717, 1.165) is 29.0 Å². The molecule has 0 amide bonds. The van der Waals surface area contributed by atoms with Crippen LogP contribution >= 0.6 is 7.80 Å². The van der Waals surface area contributed by atoms with Crippen LogP contribution in [0, 0.1) is 0 Å². The molecule has 1 heterocycles. The quantitative estimate of drug-likeness (QED) is 0.551. The van der Waals surface area contributed by atoms with Crippen molar-refractivity contribution in [2.45, 2.75) is 32.6 Å². The molecule has 0 aliphatic carbocycles. The summed E-state index contributed by atoms with van der Waals surface area (Å²) < 4.78 is 12.1. The third-order valence-corrected chi connectivity index (χ3v) is 4.49. The van der Waals surface area contributed by atoms with Gasteiger partial charge in [-0.05, 0) is 18.6 Å². The summed E-state index contributed by atoms with van der Waals surface area (Å²) in [5.74, 6) is 0. The topological polar surface area (TPSA) is 17.1 Å². The first-order valence-corrected chi connectivity index (χ1v) is 6.85. The summed E-state index contributed by atoms with van der Waals surface area (Å²) in [5.41, 5.74) is 1.16. The van der Waals surface area contributed by atoms with Crippen molar-refractivity contribution < 1.29 is 4.57 Å². The Bertz CT molecular complexity index is 407. The average Bonchev–Trinajstić information content (AvgIpc) is 2.57. The molecule has 1 aliphatic rings. The van der Waals surface area contributed by atoms with Gasteiger partial charge in [0.25, 0.3) is 0 Å². The molecule has 0 aromatic heterocycles. The Kier molecular flexibility index (Phi) is 3.33. The fourth-order valence-electron chi connectivity index (χ4n) is 1.92. The maximum absolute atomic E-state index is 12.1. The molecule has 1 nitrogen and oxygen atoms in total. The maximum Gasteiger partial charge on any atom is 0.411 e. The van der Waals surface area contributed by atoms with Gasteiger partial charge in [0.05, 0.1) is 0 Å². The summed E-state index contributed by atoms with van der Waals surface area (Å²) in [6.07, 6.45) is 6.73. The summed E-state index contributed by atoms with van der Waals surface area (Å²) in [4.78, 5) is 0. The minimum absolute atomic E-state index is 0.998. The van der Waals surface area contributed by atoms with Crippen LogP contribution in [-0.2, 0) is 4.57 Å². The summed E-state index contributed by atoms with van der Waals surface area (Å²) in [5, 5.41) is 2.17. The summed E-state index contributed by atoms with van der Waals surface area (Å²) >= 11 is 0. The minimum atomic E-state index is -1.25. The molecular weight excluding hydrogens is 203 g/mol. The van der Waals surface area contributed by atoms with Crippen LogP contribution in [0.1, 0.15) is 38.2 Å². The van der Waals surface area contributed by atoms with Crippen LogP contribution in [0.4, 0.5) is 0 Å². The molecule has 0 spiro atoms. The van der Waals surface area contributed by atoms with Crippen LogP contribution in [-0.4, -0.2) is 0 Å². The van der Waals surface area contributed by atoms with E-state index in [1.807, 2.05) is 18.2 Å². The molecular formula is C13H16OP+. The van der Waals surface area contributed by atoms with E-state index in [2.05, 4.69) is 19.1 Å². The number of rotatable bonds is 4. The summed E-state index contributed by atoms with van der Waals surface area (Å²) in [7, 11) is -1.25. The van der Waals surface area contributed by atoms with Crippen LogP contribution in [0.15, 0.2) is 29.6 Å². The molecule has 1 aliphatic heterocycles. The molecule has 1 aromatic rings. The van der Waals surface area contributed by atoms with Gasteiger partial charge in [-0.15, -0.1) is 0 Å². The lowest BCUT2D eigenvalue weighted by Crippen LogP contribution is -1.95. The van der Waals surface area contributed by atoms with Crippen molar-refractivity contribution in [3.8, 4) is 0 Å². The van der Waals surface area contributed by atoms with Gasteiger partial charge < -0.3 is 0 Å². The first-order chi connectivity index (χ1) is 7.33. The Morgan fingerprint density at radius 2 is 2.00 bits per heavy atom. The monoisotopic (exact) mass is 219 g/mol. The Hall–Kier alpha value is -0.940. The zero-order valence-corrected chi connectivity index (χ0v) is 9.97. The van der Waals surface area contributed by atoms with Crippen molar-refractivity contribution in [3.05, 3.63) is 35.1 Å². The van der Waals surface area contributed by atoms with Crippen LogP contribution < -0.4 is 5.30 Å². The highest BCUT2D eigenvalue weighted by atomic mass is 31.1. The Morgan fingerprint density at radius 3 is 2.73 bits per heavy atom. The molecule has 2 heteroatoms. The lowest BCUT2D eigenvalue weighted by molar-refractivity contribution is 0.595. The molecule has 2 rings (SSSR count). The molecule has 0 bridgehead atoms. The molecule has 0 fully saturated rings. The number of allylic oxidation sites excluding steroid dienone is 1. The second-order valence-corrected chi connectivity index (χ2v) is 5.59. The van der Waals surface area contributed by atoms with Crippen molar-refractivity contribution in [2.24, 2.45) is 0 Å². The number of unbranched alkanes of at least 4 members (excludes halogenated alkanes) is 2. The van der Waals surface area contributed by atoms with E-state index < -0.39 is 7.80 Å². The van der Waals surface area contributed by atoms with E-state index in [0.29, 0.717) is 0 Å². The van der Waals surface area contributed by atoms with Gasteiger partial charge in [0.1, 0.15) is 0 Å². The van der Waals surface area contributed by atoms with E-state index in [9.17, 15) is 4.57 Å². The van der Waals surface area contributed by atoms with Crippen molar-refractivity contribution in [1.82, 2.24) is 0 Å². The van der Waals surface area contributed by atoms with Crippen LogP contribution in [0.5, 0.6) is 0 Å². The number of hydrogen-bond acceptors (Lipinski definition) is 1. The molecule has 15 heavy (non-hydrogen) atoms. The third kappa shape index (κ3) is 2.18. The normalized spacial score (nSPS) is 16.3. The first-order valence-electron chi connectivity index (χ1n) is 5.60. The predicted molar refractivity (Wildman–Crippen MR) is 65.8 cm³/mol. The average molecular weight is 219 g/mol. The number of fused-ring (bicyclic) bond motifs is 1. The number of hydrogen-bond donors (Lipinski definition) is 0. The molecule has 0 saturated heterocycles. The van der Waals surface area contributed by atoms with Crippen molar-refractivity contribution in [2.75, 3.05) is 0 Å². The standard InChI is InChI=1S/C13H16OP/c1-2-3-4-8-12-10-11-7-5-6-9-13(11)15(12)14/h5-7,9-10H,2-4,8H2,1H3/q+1. The van der Waals surface area contributed by atoms with Gasteiger partial charge in [0, 0.05) is 12.0 Å². The molecule has 1 atom stereocenters. The van der Waals surface area contributed by atoms with Crippen molar-refractivity contribution in [3.63, 3.8) is 0 Å². The fraction of sp³-hybridized carbons (Fsp3) is 0.385. The van der Waals surface area contributed by atoms with Crippen LogP contribution in [0.25, 0.3) is 6.08 Å². The number of benzene rings is 1. The van der Waals surface area contributed by atoms with Crippen LogP contribution in [0.3, 0.4) is 0 Å². The van der Waals surface area contributed by atoms with Gasteiger partial charge in [-0.2, -0.15) is 0 Å². The summed E-state index contributed by atoms with van der Waals surface area (Å²) in [6.45, 7) is 2.19. The van der Waals surface area contributed by atoms with Gasteiger partial charge in [-0.3, -0.25) is 0 Å². The zero-order valence-electron chi connectivity index (χ0n) is 9.07. The SMILES string of the molecule is CCCCCC1=Cc2ccccc2[P+]1=O. The van der Waals surface area contributed by atoms with E-state index in [4.69, 9.17) is 0 Å². The summed E-state index contributed by atoms with van der Waals surface area (Å²) in [6, 6.07) is 8.01. The van der Waals surface area contributed by atoms with Crippen molar-refractivity contribution >= 4 is 19.2 Å². The lowest BCUT2D eigenvalue weighted by Gasteiger charge is -1.91. The second-order valence-electron chi connectivity index (χ2n) is 3.95. The van der Waals surface area contributed by atoms with Crippen molar-refractivity contribution in [1.29, 1.82) is 0 Å². The predicted octanol–water partition coefficient (Wildman–Crippen LogP) is 4.07. The van der Waals surface area contributed by atoms with Gasteiger partial charge in [-0.25, -0.2) is 0 Å². The highest BCUT2D eigenvalue weighted by Gasteiger charge is 2.34. The largest absolute Gasteiger partial charge is 0.411 e. The Labute approximate surface area is 92.0 Å². The molecule has 1 aromatic carbocycles. The van der Waals surface area contributed by atoms with E-state index in [1.165, 1.54) is 12.8 Å². The molecule has 78 valence electrons. The van der Waals surface area contributed by atoms with Gasteiger partial charge >= 0.3 is 7.80 Å².